The fourth-order valence-electron chi connectivity index (χ4n) is 3.26. The summed E-state index contributed by atoms with van der Waals surface area (Å²) in [6.07, 6.45) is 7.39. The van der Waals surface area contributed by atoms with Crippen LogP contribution < -0.4 is 10.1 Å². The van der Waals surface area contributed by atoms with Gasteiger partial charge in [-0.3, -0.25) is 9.59 Å². The van der Waals surface area contributed by atoms with Crippen LogP contribution in [-0.4, -0.2) is 48.0 Å². The van der Waals surface area contributed by atoms with Crippen LogP contribution >= 0.6 is 11.6 Å². The molecule has 6 nitrogen and oxygen atoms in total. The number of nitrogens with zero attached hydrogens (tertiary/aromatic N) is 2. The van der Waals surface area contributed by atoms with Crippen molar-refractivity contribution >= 4 is 23.4 Å². The molecule has 1 aliphatic heterocycles. The lowest BCUT2D eigenvalue weighted by atomic mass is 10.1. The topological polar surface area (TPSA) is 63.6 Å². The maximum atomic E-state index is 12.6. The Balaban J connectivity index is 1.67. The lowest BCUT2D eigenvalue weighted by Crippen LogP contribution is -2.38. The summed E-state index contributed by atoms with van der Waals surface area (Å²) in [6, 6.07) is 7.15. The molecule has 0 radical (unpaired) electrons. The third-order valence-corrected chi connectivity index (χ3v) is 5.04. The highest BCUT2D eigenvalue weighted by molar-refractivity contribution is 6.33. The Morgan fingerprint density at radius 3 is 2.74 bits per heavy atom. The van der Waals surface area contributed by atoms with Gasteiger partial charge < -0.3 is 19.5 Å². The zero-order chi connectivity index (χ0) is 19.2. The van der Waals surface area contributed by atoms with Crippen LogP contribution in [0.4, 0.5) is 0 Å². The van der Waals surface area contributed by atoms with Crippen LogP contribution in [0.2, 0.25) is 5.02 Å². The molecule has 27 heavy (non-hydrogen) atoms. The largest absolute Gasteiger partial charge is 0.496 e. The van der Waals surface area contributed by atoms with E-state index in [9.17, 15) is 9.59 Å². The fourth-order valence-corrected chi connectivity index (χ4v) is 3.52. The first-order valence-corrected chi connectivity index (χ1v) is 9.55. The molecule has 144 valence electrons. The Bertz CT molecular complexity index is 805. The summed E-state index contributed by atoms with van der Waals surface area (Å²) in [7, 11) is 1.52. The Morgan fingerprint density at radius 2 is 2.00 bits per heavy atom. The quantitative estimate of drug-likeness (QED) is 0.824. The average Bonchev–Trinajstić information content (AvgIpc) is 3.12. The van der Waals surface area contributed by atoms with Crippen molar-refractivity contribution in [2.24, 2.45) is 0 Å². The van der Waals surface area contributed by atoms with Gasteiger partial charge in [0.1, 0.15) is 5.75 Å². The SMILES string of the molecule is COc1cc(-n2cccc2)c(Cl)cc1C(=O)NCCN1CCCCCC1=O. The Kier molecular flexibility index (Phi) is 6.40. The standard InChI is InChI=1S/C20H24ClN3O3/c1-27-18-14-17(23-9-5-6-10-23)16(21)13-15(18)20(26)22-8-12-24-11-4-2-3-7-19(24)25/h5-6,9-10,13-14H,2-4,7-8,11-12H2,1H3,(H,22,26). The predicted molar refractivity (Wildman–Crippen MR) is 105 cm³/mol. The predicted octanol–water partition coefficient (Wildman–Crippen LogP) is 3.27. The molecule has 1 saturated heterocycles. The number of carbonyl (C=O) groups excluding carboxylic acids is 2. The number of halogens is 1. The Hall–Kier alpha value is -2.47. The van der Waals surface area contributed by atoms with Gasteiger partial charge in [0.2, 0.25) is 5.91 Å². The number of benzene rings is 1. The highest BCUT2D eigenvalue weighted by Crippen LogP contribution is 2.30. The highest BCUT2D eigenvalue weighted by atomic mass is 35.5. The fraction of sp³-hybridized carbons (Fsp3) is 0.400. The van der Waals surface area contributed by atoms with E-state index in [1.165, 1.54) is 7.11 Å². The molecule has 0 spiro atoms. The molecule has 0 unspecified atom stereocenters. The van der Waals surface area contributed by atoms with Gasteiger partial charge in [0.25, 0.3) is 5.91 Å². The van der Waals surface area contributed by atoms with E-state index in [1.54, 1.807) is 12.1 Å². The van der Waals surface area contributed by atoms with Crippen molar-refractivity contribution in [2.75, 3.05) is 26.7 Å². The van der Waals surface area contributed by atoms with Gasteiger partial charge in [0.05, 0.1) is 23.4 Å². The number of nitrogens with one attached hydrogen (secondary N) is 1. The number of hydrogen-bond donors (Lipinski definition) is 1. The summed E-state index contributed by atoms with van der Waals surface area (Å²) in [4.78, 5) is 26.5. The molecule has 1 aliphatic rings. The summed E-state index contributed by atoms with van der Waals surface area (Å²) >= 11 is 6.38. The molecule has 2 aromatic rings. The first kappa shape index (κ1) is 19.3. The van der Waals surface area contributed by atoms with Gasteiger partial charge >= 0.3 is 0 Å². The minimum atomic E-state index is -0.268. The monoisotopic (exact) mass is 389 g/mol. The van der Waals surface area contributed by atoms with Gasteiger partial charge in [0.15, 0.2) is 0 Å². The second-order valence-corrected chi connectivity index (χ2v) is 6.95. The van der Waals surface area contributed by atoms with E-state index < -0.39 is 0 Å². The normalized spacial score (nSPS) is 14.7. The molecule has 1 N–H and O–H groups in total. The van der Waals surface area contributed by atoms with Crippen LogP contribution in [0.25, 0.3) is 5.69 Å². The number of carbonyl (C=O) groups is 2. The van der Waals surface area contributed by atoms with Crippen LogP contribution in [0.5, 0.6) is 5.75 Å². The average molecular weight is 390 g/mol. The molecular weight excluding hydrogens is 366 g/mol. The molecule has 0 saturated carbocycles. The number of aromatic nitrogens is 1. The smallest absolute Gasteiger partial charge is 0.255 e. The molecular formula is C20H24ClN3O3. The minimum Gasteiger partial charge on any atom is -0.496 e. The van der Waals surface area contributed by atoms with E-state index in [0.717, 1.165) is 31.5 Å². The van der Waals surface area contributed by atoms with Gasteiger partial charge in [0, 0.05) is 44.5 Å². The summed E-state index contributed by atoms with van der Waals surface area (Å²) in [5.74, 6) is 0.347. The van der Waals surface area contributed by atoms with Crippen molar-refractivity contribution in [1.29, 1.82) is 0 Å². The Labute approximate surface area is 164 Å². The summed E-state index contributed by atoms with van der Waals surface area (Å²) in [5, 5.41) is 3.32. The van der Waals surface area contributed by atoms with Gasteiger partial charge in [-0.1, -0.05) is 18.0 Å². The van der Waals surface area contributed by atoms with Crippen LogP contribution in [0.15, 0.2) is 36.7 Å². The molecule has 0 atom stereocenters. The third-order valence-electron chi connectivity index (χ3n) is 4.73. The molecule has 2 heterocycles. The van der Waals surface area contributed by atoms with E-state index in [1.807, 2.05) is 34.0 Å². The zero-order valence-corrected chi connectivity index (χ0v) is 16.2. The molecule has 1 fully saturated rings. The second kappa shape index (κ2) is 8.95. The van der Waals surface area contributed by atoms with E-state index >= 15 is 0 Å². The minimum absolute atomic E-state index is 0.165. The number of likely N-dealkylation sites (tertiary alicyclic amines) is 1. The third kappa shape index (κ3) is 4.63. The number of amides is 2. The van der Waals surface area contributed by atoms with Crippen molar-refractivity contribution in [2.45, 2.75) is 25.7 Å². The molecule has 0 aliphatic carbocycles. The van der Waals surface area contributed by atoms with Gasteiger partial charge in [-0.25, -0.2) is 0 Å². The lowest BCUT2D eigenvalue weighted by molar-refractivity contribution is -0.130. The maximum absolute atomic E-state index is 12.6. The lowest BCUT2D eigenvalue weighted by Gasteiger charge is -2.21. The van der Waals surface area contributed by atoms with Crippen molar-refractivity contribution < 1.29 is 14.3 Å². The first-order chi connectivity index (χ1) is 13.1. The highest BCUT2D eigenvalue weighted by Gasteiger charge is 2.19. The van der Waals surface area contributed by atoms with E-state index in [-0.39, 0.29) is 11.8 Å². The summed E-state index contributed by atoms with van der Waals surface area (Å²) in [5.41, 5.74) is 1.12. The molecule has 7 heteroatoms. The zero-order valence-electron chi connectivity index (χ0n) is 15.4. The van der Waals surface area contributed by atoms with Crippen molar-refractivity contribution in [3.8, 4) is 11.4 Å². The summed E-state index contributed by atoms with van der Waals surface area (Å²) < 4.78 is 7.25. The van der Waals surface area contributed by atoms with Crippen LogP contribution in [0, 0.1) is 0 Å². The van der Waals surface area contributed by atoms with Crippen molar-refractivity contribution in [3.63, 3.8) is 0 Å². The van der Waals surface area contributed by atoms with E-state index in [2.05, 4.69) is 5.32 Å². The van der Waals surface area contributed by atoms with Crippen LogP contribution in [0.3, 0.4) is 0 Å². The molecule has 1 aromatic carbocycles. The Morgan fingerprint density at radius 1 is 1.22 bits per heavy atom. The van der Waals surface area contributed by atoms with Gasteiger partial charge in [-0.2, -0.15) is 0 Å². The van der Waals surface area contributed by atoms with E-state index in [4.69, 9.17) is 16.3 Å². The number of rotatable bonds is 6. The molecule has 2 amide bonds. The van der Waals surface area contributed by atoms with Gasteiger partial charge in [-0.05, 0) is 31.0 Å². The van der Waals surface area contributed by atoms with Gasteiger partial charge in [-0.15, -0.1) is 0 Å². The second-order valence-electron chi connectivity index (χ2n) is 6.54. The van der Waals surface area contributed by atoms with Crippen molar-refractivity contribution in [1.82, 2.24) is 14.8 Å². The van der Waals surface area contributed by atoms with Crippen LogP contribution in [0.1, 0.15) is 36.0 Å². The number of hydrogen-bond acceptors (Lipinski definition) is 3. The summed E-state index contributed by atoms with van der Waals surface area (Å²) in [6.45, 7) is 1.67. The maximum Gasteiger partial charge on any atom is 0.255 e. The number of ether oxygens (including phenoxy) is 1. The molecule has 1 aromatic heterocycles. The molecule has 3 rings (SSSR count). The van der Waals surface area contributed by atoms with E-state index in [0.29, 0.717) is 35.8 Å². The van der Waals surface area contributed by atoms with Crippen molar-refractivity contribution in [3.05, 3.63) is 47.2 Å². The molecule has 0 bridgehead atoms. The first-order valence-electron chi connectivity index (χ1n) is 9.17. The van der Waals surface area contributed by atoms with Crippen LogP contribution in [-0.2, 0) is 4.79 Å². The number of methoxy groups -OCH3 is 1.